The third-order valence-electron chi connectivity index (χ3n) is 5.42. The van der Waals surface area contributed by atoms with Gasteiger partial charge in [-0.2, -0.15) is 0 Å². The van der Waals surface area contributed by atoms with Gasteiger partial charge in [-0.25, -0.2) is 4.79 Å². The van der Waals surface area contributed by atoms with Crippen LogP contribution in [0.25, 0.3) is 11.1 Å². The van der Waals surface area contributed by atoms with Crippen molar-refractivity contribution in [3.05, 3.63) is 99.5 Å². The molecular weight excluding hydrogens is 422 g/mol. The van der Waals surface area contributed by atoms with Crippen LogP contribution in [0.15, 0.2) is 72.1 Å². The lowest BCUT2D eigenvalue weighted by atomic mass is 10.0. The summed E-state index contributed by atoms with van der Waals surface area (Å²) in [5.41, 5.74) is 4.66. The van der Waals surface area contributed by atoms with Gasteiger partial charge in [-0.3, -0.25) is 4.79 Å². The van der Waals surface area contributed by atoms with E-state index in [9.17, 15) is 14.7 Å². The minimum absolute atomic E-state index is 0.200. The second-order valence-corrected chi connectivity index (χ2v) is 8.61. The number of phenolic OH excluding ortho intramolecular Hbond substituents is 1. The van der Waals surface area contributed by atoms with Crippen LogP contribution >= 0.6 is 11.3 Å². The van der Waals surface area contributed by atoms with Gasteiger partial charge in [0.25, 0.3) is 0 Å². The Morgan fingerprint density at radius 3 is 2.25 bits per heavy atom. The van der Waals surface area contributed by atoms with Crippen LogP contribution in [-0.2, 0) is 11.3 Å². The smallest absolute Gasteiger partial charge is 0.338 e. The molecule has 2 aromatic carbocycles. The van der Waals surface area contributed by atoms with Crippen LogP contribution in [0.3, 0.4) is 0 Å². The molecule has 2 aromatic heterocycles. The minimum atomic E-state index is -0.539. The van der Waals surface area contributed by atoms with Gasteiger partial charge in [0.2, 0.25) is 5.78 Å². The fourth-order valence-corrected chi connectivity index (χ4v) is 4.32. The van der Waals surface area contributed by atoms with Crippen molar-refractivity contribution in [1.29, 1.82) is 0 Å². The van der Waals surface area contributed by atoms with Gasteiger partial charge >= 0.3 is 5.97 Å². The summed E-state index contributed by atoms with van der Waals surface area (Å²) in [5.74, 6) is -0.557. The Kier molecular flexibility index (Phi) is 6.23. The van der Waals surface area contributed by atoms with Crippen LogP contribution < -0.4 is 0 Å². The molecule has 32 heavy (non-hydrogen) atoms. The number of nitrogens with zero attached hydrogens (tertiary/aromatic N) is 1. The summed E-state index contributed by atoms with van der Waals surface area (Å²) in [6, 6.07) is 19.7. The maximum atomic E-state index is 12.7. The number of ether oxygens (including phenoxy) is 1. The van der Waals surface area contributed by atoms with Crippen LogP contribution in [-0.4, -0.2) is 28.0 Å². The molecule has 0 unspecified atom stereocenters. The van der Waals surface area contributed by atoms with Crippen molar-refractivity contribution in [2.24, 2.45) is 0 Å². The number of benzene rings is 2. The van der Waals surface area contributed by atoms with Crippen LogP contribution in [0.1, 0.15) is 37.0 Å². The molecule has 0 saturated heterocycles. The number of aromatic nitrogens is 1. The molecule has 0 amide bonds. The lowest BCUT2D eigenvalue weighted by molar-refractivity contribution is 0.0474. The highest BCUT2D eigenvalue weighted by Gasteiger charge is 2.18. The van der Waals surface area contributed by atoms with Gasteiger partial charge in [0.15, 0.2) is 6.61 Å². The van der Waals surface area contributed by atoms with E-state index in [0.717, 1.165) is 29.1 Å². The number of ketones is 1. The van der Waals surface area contributed by atoms with Crippen LogP contribution in [0.2, 0.25) is 0 Å². The number of thiophene rings is 1. The molecule has 4 aromatic rings. The molecule has 0 bridgehead atoms. The van der Waals surface area contributed by atoms with Gasteiger partial charge in [0.1, 0.15) is 5.75 Å². The van der Waals surface area contributed by atoms with Crippen LogP contribution in [0.4, 0.5) is 0 Å². The first-order valence-electron chi connectivity index (χ1n) is 10.2. The molecule has 5 nitrogen and oxygen atoms in total. The maximum absolute atomic E-state index is 12.7. The lowest BCUT2D eigenvalue weighted by Crippen LogP contribution is -2.15. The van der Waals surface area contributed by atoms with E-state index in [0.29, 0.717) is 11.1 Å². The maximum Gasteiger partial charge on any atom is 0.338 e. The Balaban J connectivity index is 1.39. The summed E-state index contributed by atoms with van der Waals surface area (Å²) >= 11 is 1.68. The van der Waals surface area contributed by atoms with E-state index in [-0.39, 0.29) is 18.1 Å². The molecule has 0 fully saturated rings. The molecule has 4 rings (SSSR count). The summed E-state index contributed by atoms with van der Waals surface area (Å²) in [6.45, 7) is 4.30. The molecule has 0 aliphatic rings. The lowest BCUT2D eigenvalue weighted by Gasteiger charge is -2.09. The van der Waals surface area contributed by atoms with E-state index in [2.05, 4.69) is 10.6 Å². The minimum Gasteiger partial charge on any atom is -0.508 e. The molecule has 1 N–H and O–H groups in total. The fraction of sp³-hybridized carbons (Fsp3) is 0.154. The highest BCUT2D eigenvalue weighted by Crippen LogP contribution is 2.23. The Labute approximate surface area is 190 Å². The van der Waals surface area contributed by atoms with Gasteiger partial charge in [-0.15, -0.1) is 11.3 Å². The first kappa shape index (κ1) is 21.6. The number of aromatic hydroxyl groups is 1. The van der Waals surface area contributed by atoms with E-state index in [1.54, 1.807) is 47.7 Å². The van der Waals surface area contributed by atoms with Crippen molar-refractivity contribution in [2.75, 3.05) is 6.61 Å². The third kappa shape index (κ3) is 4.65. The second kappa shape index (κ2) is 9.24. The normalized spacial score (nSPS) is 10.8. The number of esters is 1. The Bertz CT molecular complexity index is 1240. The van der Waals surface area contributed by atoms with Gasteiger partial charge in [0.05, 0.1) is 12.1 Å². The van der Waals surface area contributed by atoms with Crippen molar-refractivity contribution in [2.45, 2.75) is 20.4 Å². The van der Waals surface area contributed by atoms with Crippen LogP contribution in [0, 0.1) is 13.8 Å². The van der Waals surface area contributed by atoms with Gasteiger partial charge in [-0.05, 0) is 66.8 Å². The van der Waals surface area contributed by atoms with Crippen molar-refractivity contribution >= 4 is 23.1 Å². The Morgan fingerprint density at radius 2 is 1.62 bits per heavy atom. The third-order valence-corrected chi connectivity index (χ3v) is 6.28. The molecule has 162 valence electrons. The summed E-state index contributed by atoms with van der Waals surface area (Å²) in [4.78, 5) is 26.4. The molecule has 0 atom stereocenters. The van der Waals surface area contributed by atoms with Crippen molar-refractivity contribution < 1.29 is 19.4 Å². The zero-order chi connectivity index (χ0) is 22.7. The van der Waals surface area contributed by atoms with Crippen molar-refractivity contribution in [3.63, 3.8) is 0 Å². The number of rotatable bonds is 7. The summed E-state index contributed by atoms with van der Waals surface area (Å²) < 4.78 is 7.39. The number of hydrogen-bond acceptors (Lipinski definition) is 5. The first-order valence-corrected chi connectivity index (χ1v) is 11.1. The highest BCUT2D eigenvalue weighted by molar-refractivity contribution is 7.09. The molecule has 0 spiro atoms. The van der Waals surface area contributed by atoms with E-state index in [1.165, 1.54) is 4.88 Å². The number of carbonyl (C=O) groups is 2. The zero-order valence-electron chi connectivity index (χ0n) is 17.9. The first-order chi connectivity index (χ1) is 15.4. The van der Waals surface area contributed by atoms with E-state index in [4.69, 9.17) is 4.74 Å². The number of hydrogen-bond donors (Lipinski definition) is 1. The number of phenols is 1. The molecule has 0 aliphatic heterocycles. The summed E-state index contributed by atoms with van der Waals surface area (Å²) in [6.07, 6.45) is 0. The number of carbonyl (C=O) groups excluding carboxylic acids is 2. The SMILES string of the molecule is Cc1cc(C(=O)COC(=O)c2ccc(-c3ccc(O)cc3)cc2)c(C)n1Cc1cccs1. The van der Waals surface area contributed by atoms with E-state index >= 15 is 0 Å². The van der Waals surface area contributed by atoms with Gasteiger partial charge in [0, 0.05) is 21.8 Å². The van der Waals surface area contributed by atoms with Crippen molar-refractivity contribution in [1.82, 2.24) is 4.57 Å². The summed E-state index contributed by atoms with van der Waals surface area (Å²) in [5, 5.41) is 11.4. The van der Waals surface area contributed by atoms with Gasteiger partial charge < -0.3 is 14.4 Å². The zero-order valence-corrected chi connectivity index (χ0v) is 18.7. The van der Waals surface area contributed by atoms with Gasteiger partial charge in [-0.1, -0.05) is 30.3 Å². The van der Waals surface area contributed by atoms with E-state index in [1.807, 2.05) is 43.5 Å². The Hall–Kier alpha value is -3.64. The van der Waals surface area contributed by atoms with Crippen LogP contribution in [0.5, 0.6) is 5.75 Å². The second-order valence-electron chi connectivity index (χ2n) is 7.57. The molecule has 6 heteroatoms. The average molecular weight is 446 g/mol. The number of aryl methyl sites for hydroxylation is 1. The fourth-order valence-electron chi connectivity index (χ4n) is 3.63. The monoisotopic (exact) mass is 445 g/mol. The summed E-state index contributed by atoms with van der Waals surface area (Å²) in [7, 11) is 0. The Morgan fingerprint density at radius 1 is 0.969 bits per heavy atom. The number of Topliss-reactive ketones (excluding diaryl/α,β-unsaturated/α-hetero) is 1. The van der Waals surface area contributed by atoms with E-state index < -0.39 is 5.97 Å². The molecule has 0 saturated carbocycles. The topological polar surface area (TPSA) is 68.5 Å². The molecule has 2 heterocycles. The molecule has 0 aliphatic carbocycles. The predicted octanol–water partition coefficient (Wildman–Crippen LogP) is 5.63. The average Bonchev–Trinajstić information content (AvgIpc) is 3.42. The highest BCUT2D eigenvalue weighted by atomic mass is 32.1. The standard InChI is InChI=1S/C26H23NO4S/c1-17-14-24(18(2)27(17)15-23-4-3-13-32-23)25(29)16-31-26(30)21-7-5-19(6-8-21)20-9-11-22(28)12-10-20/h3-14,28H,15-16H2,1-2H3. The largest absolute Gasteiger partial charge is 0.508 e. The molecular formula is C26H23NO4S. The van der Waals surface area contributed by atoms with Crippen molar-refractivity contribution in [3.8, 4) is 16.9 Å². The predicted molar refractivity (Wildman–Crippen MR) is 125 cm³/mol. The quantitative estimate of drug-likeness (QED) is 0.296. The molecule has 0 radical (unpaired) electrons.